The minimum Gasteiger partial charge on any atom is -0.481 e. The molecule has 0 aromatic rings. The molecule has 0 spiro atoms. The van der Waals surface area contributed by atoms with Gasteiger partial charge in [0.05, 0.1) is 24.4 Å². The number of ether oxygens (including phenoxy) is 1. The number of unbranched alkanes of at least 4 members (excludes halogenated alkanes) is 3. The van der Waals surface area contributed by atoms with E-state index in [2.05, 4.69) is 6.92 Å². The van der Waals surface area contributed by atoms with Crippen molar-refractivity contribution in [1.82, 2.24) is 0 Å². The molecule has 6 nitrogen and oxygen atoms in total. The Morgan fingerprint density at radius 2 is 2.00 bits per heavy atom. The third kappa shape index (κ3) is 9.48. The topological polar surface area (TPSA) is 107 Å². The Bertz CT molecular complexity index is 448. The number of aliphatic hydroxyl groups is 3. The van der Waals surface area contributed by atoms with Crippen LogP contribution >= 0.6 is 0 Å². The number of rotatable bonds is 13. The zero-order chi connectivity index (χ0) is 19.4. The van der Waals surface area contributed by atoms with Gasteiger partial charge in [-0.05, 0) is 25.7 Å². The first-order chi connectivity index (χ1) is 12.4. The van der Waals surface area contributed by atoms with Crippen molar-refractivity contribution < 1.29 is 30.0 Å². The van der Waals surface area contributed by atoms with E-state index in [4.69, 9.17) is 9.84 Å². The monoisotopic (exact) mass is 370 g/mol. The van der Waals surface area contributed by atoms with Crippen molar-refractivity contribution in [3.8, 4) is 0 Å². The van der Waals surface area contributed by atoms with Gasteiger partial charge >= 0.3 is 5.97 Å². The predicted octanol–water partition coefficient (Wildman–Crippen LogP) is 2.56. The van der Waals surface area contributed by atoms with Gasteiger partial charge in [-0.3, -0.25) is 4.79 Å². The van der Waals surface area contributed by atoms with Gasteiger partial charge in [-0.2, -0.15) is 0 Å². The molecule has 1 fully saturated rings. The summed E-state index contributed by atoms with van der Waals surface area (Å²) < 4.78 is 5.73. The highest BCUT2D eigenvalue weighted by Crippen LogP contribution is 2.26. The molecular weight excluding hydrogens is 336 g/mol. The second-order valence-electron chi connectivity index (χ2n) is 6.95. The Morgan fingerprint density at radius 3 is 2.69 bits per heavy atom. The van der Waals surface area contributed by atoms with Crippen LogP contribution in [-0.2, 0) is 9.53 Å². The number of carboxylic acids is 1. The summed E-state index contributed by atoms with van der Waals surface area (Å²) in [5.41, 5.74) is 0. The van der Waals surface area contributed by atoms with Gasteiger partial charge in [-0.25, -0.2) is 0 Å². The smallest absolute Gasteiger partial charge is 0.303 e. The lowest BCUT2D eigenvalue weighted by atomic mass is 10.0. The highest BCUT2D eigenvalue weighted by atomic mass is 16.5. The average molecular weight is 370 g/mol. The molecule has 0 bridgehead atoms. The molecule has 1 rings (SSSR count). The Balaban J connectivity index is 2.29. The average Bonchev–Trinajstić information content (AvgIpc) is 2.97. The number of carbonyl (C=O) groups is 1. The first-order valence-electron chi connectivity index (χ1n) is 9.68. The van der Waals surface area contributed by atoms with Gasteiger partial charge in [-0.1, -0.05) is 50.5 Å². The number of hydrogen-bond donors (Lipinski definition) is 4. The van der Waals surface area contributed by atoms with E-state index in [0.29, 0.717) is 32.1 Å². The van der Waals surface area contributed by atoms with Crippen LogP contribution in [0.1, 0.15) is 64.7 Å². The molecule has 0 saturated carbocycles. The lowest BCUT2D eigenvalue weighted by Gasteiger charge is -2.18. The summed E-state index contributed by atoms with van der Waals surface area (Å²) in [7, 11) is 0. The normalized spacial score (nSPS) is 25.9. The van der Waals surface area contributed by atoms with Crippen LogP contribution in [0.25, 0.3) is 0 Å². The first kappa shape index (κ1) is 22.8. The van der Waals surface area contributed by atoms with Crippen LogP contribution in [0, 0.1) is 0 Å². The fraction of sp³-hybridized carbons (Fsp3) is 0.750. The Kier molecular flexibility index (Phi) is 11.4. The highest BCUT2D eigenvalue weighted by molar-refractivity contribution is 5.66. The van der Waals surface area contributed by atoms with E-state index in [0.717, 1.165) is 19.3 Å². The van der Waals surface area contributed by atoms with Crippen molar-refractivity contribution in [3.05, 3.63) is 24.3 Å². The molecule has 150 valence electrons. The van der Waals surface area contributed by atoms with Gasteiger partial charge in [0.15, 0.2) is 0 Å². The van der Waals surface area contributed by atoms with E-state index in [1.807, 2.05) is 12.2 Å². The largest absolute Gasteiger partial charge is 0.481 e. The first-order valence-corrected chi connectivity index (χ1v) is 9.68. The molecule has 1 saturated heterocycles. The van der Waals surface area contributed by atoms with Crippen molar-refractivity contribution in [1.29, 1.82) is 0 Å². The summed E-state index contributed by atoms with van der Waals surface area (Å²) in [5, 5.41) is 38.7. The molecular formula is C20H34O6. The second kappa shape index (κ2) is 13.0. The number of allylic oxidation sites excluding steroid dienone is 1. The number of carboxylic acid groups (broad SMARTS) is 1. The molecule has 6 heteroatoms. The third-order valence-corrected chi connectivity index (χ3v) is 4.55. The van der Waals surface area contributed by atoms with Crippen LogP contribution in [-0.4, -0.2) is 56.9 Å². The quantitative estimate of drug-likeness (QED) is 0.293. The molecule has 4 N–H and O–H groups in total. The summed E-state index contributed by atoms with van der Waals surface area (Å²) in [5.74, 6) is -0.801. The molecule has 1 aliphatic heterocycles. The van der Waals surface area contributed by atoms with Gasteiger partial charge in [-0.15, -0.1) is 0 Å². The van der Waals surface area contributed by atoms with Crippen LogP contribution in [0.4, 0.5) is 0 Å². The van der Waals surface area contributed by atoms with Crippen LogP contribution in [0.5, 0.6) is 0 Å². The fourth-order valence-corrected chi connectivity index (χ4v) is 2.97. The van der Waals surface area contributed by atoms with Crippen LogP contribution in [0.2, 0.25) is 0 Å². The molecule has 0 amide bonds. The molecule has 0 unspecified atom stereocenters. The maximum absolute atomic E-state index is 10.4. The van der Waals surface area contributed by atoms with Crippen molar-refractivity contribution in [2.75, 3.05) is 0 Å². The summed E-state index contributed by atoms with van der Waals surface area (Å²) in [6.45, 7) is 2.11. The maximum atomic E-state index is 10.4. The summed E-state index contributed by atoms with van der Waals surface area (Å²) in [6.07, 6.45) is 10.2. The van der Waals surface area contributed by atoms with Gasteiger partial charge in [0.1, 0.15) is 6.10 Å². The molecule has 0 radical (unpaired) electrons. The van der Waals surface area contributed by atoms with E-state index in [-0.39, 0.29) is 12.5 Å². The van der Waals surface area contributed by atoms with Crippen molar-refractivity contribution >= 4 is 5.97 Å². The van der Waals surface area contributed by atoms with Crippen molar-refractivity contribution in [3.63, 3.8) is 0 Å². The molecule has 1 heterocycles. The molecule has 1 aliphatic rings. The van der Waals surface area contributed by atoms with Gasteiger partial charge < -0.3 is 25.2 Å². The standard InChI is InChI=1S/C20H34O6/c1-2-3-6-10-16(22)19-14-17(23)18(26-19)13-12-15(21)9-7-4-5-8-11-20(24)25/h4,7,12-13,15-19,21-23H,2-3,5-6,8-11,14H2,1H3,(H,24,25)/b7-4-,13-12+/t15-,16+,17-,18+,19+/m0/s1. The van der Waals surface area contributed by atoms with Crippen LogP contribution in [0.15, 0.2) is 24.3 Å². The fourth-order valence-electron chi connectivity index (χ4n) is 2.97. The van der Waals surface area contributed by atoms with Gasteiger partial charge in [0.25, 0.3) is 0 Å². The molecule has 26 heavy (non-hydrogen) atoms. The van der Waals surface area contributed by atoms with Gasteiger partial charge in [0.2, 0.25) is 0 Å². The Labute approximate surface area is 156 Å². The molecule has 0 aliphatic carbocycles. The van der Waals surface area contributed by atoms with E-state index < -0.39 is 30.4 Å². The second-order valence-corrected chi connectivity index (χ2v) is 6.95. The Hall–Kier alpha value is -1.21. The van der Waals surface area contributed by atoms with Crippen molar-refractivity contribution in [2.45, 2.75) is 95.2 Å². The number of hydrogen-bond acceptors (Lipinski definition) is 5. The number of aliphatic hydroxyl groups excluding tert-OH is 3. The summed E-state index contributed by atoms with van der Waals surface area (Å²) in [4.78, 5) is 10.4. The highest BCUT2D eigenvalue weighted by Gasteiger charge is 2.36. The van der Waals surface area contributed by atoms with Crippen LogP contribution in [0.3, 0.4) is 0 Å². The molecule has 0 aromatic carbocycles. The zero-order valence-electron chi connectivity index (χ0n) is 15.7. The minimum absolute atomic E-state index is 0.148. The van der Waals surface area contributed by atoms with E-state index >= 15 is 0 Å². The van der Waals surface area contributed by atoms with E-state index in [1.165, 1.54) is 0 Å². The predicted molar refractivity (Wildman–Crippen MR) is 99.8 cm³/mol. The SMILES string of the molecule is CCCCC[C@@H](O)[C@H]1C[C@H](O)[C@@H](/C=C/[C@@H](O)C/C=C\CCCC(=O)O)O1. The third-order valence-electron chi connectivity index (χ3n) is 4.55. The van der Waals surface area contributed by atoms with E-state index in [9.17, 15) is 20.1 Å². The van der Waals surface area contributed by atoms with Crippen molar-refractivity contribution in [2.24, 2.45) is 0 Å². The van der Waals surface area contributed by atoms with Gasteiger partial charge in [0, 0.05) is 12.8 Å². The molecule has 5 atom stereocenters. The molecule has 0 aromatic heterocycles. The van der Waals surface area contributed by atoms with E-state index in [1.54, 1.807) is 12.2 Å². The summed E-state index contributed by atoms with van der Waals surface area (Å²) >= 11 is 0. The maximum Gasteiger partial charge on any atom is 0.303 e. The lowest BCUT2D eigenvalue weighted by molar-refractivity contribution is -0.137. The zero-order valence-corrected chi connectivity index (χ0v) is 15.7. The van der Waals surface area contributed by atoms with Crippen LogP contribution < -0.4 is 0 Å². The Morgan fingerprint density at radius 1 is 1.23 bits per heavy atom. The summed E-state index contributed by atoms with van der Waals surface area (Å²) in [6, 6.07) is 0. The lowest BCUT2D eigenvalue weighted by Crippen LogP contribution is -2.26. The minimum atomic E-state index is -0.801. The number of aliphatic carboxylic acids is 1.